The summed E-state index contributed by atoms with van der Waals surface area (Å²) in [7, 11) is 3.43. The molecule has 0 aliphatic rings. The van der Waals surface area contributed by atoms with Crippen molar-refractivity contribution in [3.05, 3.63) is 5.21 Å². The number of hydrogen-bond donors (Lipinski definition) is 2. The molecule has 5 heteroatoms. The van der Waals surface area contributed by atoms with Crippen molar-refractivity contribution in [2.45, 2.75) is 32.6 Å². The van der Waals surface area contributed by atoms with E-state index in [2.05, 4.69) is 6.92 Å². The number of nitrogens with zero attached hydrogens (tertiary/aromatic N) is 1. The summed E-state index contributed by atoms with van der Waals surface area (Å²) in [5.41, 5.74) is 5.44. The minimum atomic E-state index is -0.207. The largest absolute Gasteiger partial charge is 0.596 e. The van der Waals surface area contributed by atoms with Gasteiger partial charge < -0.3 is 10.9 Å². The molecule has 3 N–H and O–H groups in total. The van der Waals surface area contributed by atoms with Gasteiger partial charge in [-0.15, -0.1) is 4.65 Å². The van der Waals surface area contributed by atoms with Gasteiger partial charge >= 0.3 is 0 Å². The molecule has 0 aliphatic carbocycles. The van der Waals surface area contributed by atoms with Gasteiger partial charge in [0.2, 0.25) is 0 Å². The van der Waals surface area contributed by atoms with E-state index in [9.17, 15) is 5.21 Å². The Bertz CT molecular complexity index is 156. The second-order valence-electron chi connectivity index (χ2n) is 4.18. The number of hydrogen-bond acceptors (Lipinski definition) is 3. The van der Waals surface area contributed by atoms with Gasteiger partial charge in [-0.2, -0.15) is 5.23 Å². The third kappa shape index (κ3) is 7.70. The minimum absolute atomic E-state index is 0.207. The molecular formula is C10H26N3O2+. The summed E-state index contributed by atoms with van der Waals surface area (Å²) >= 11 is 0. The van der Waals surface area contributed by atoms with Gasteiger partial charge in [0.1, 0.15) is 27.2 Å². The average Bonchev–Trinajstić information content (AvgIpc) is 2.14. The monoisotopic (exact) mass is 220 g/mol. The summed E-state index contributed by atoms with van der Waals surface area (Å²) in [5.74, 6) is 0. The fourth-order valence-electron chi connectivity index (χ4n) is 1.60. The normalized spacial score (nSPS) is 17.4. The predicted molar refractivity (Wildman–Crippen MR) is 60.5 cm³/mol. The van der Waals surface area contributed by atoms with E-state index in [-0.39, 0.29) is 5.23 Å². The Morgan fingerprint density at radius 1 is 1.27 bits per heavy atom. The Hall–Kier alpha value is -0.200. The molecule has 0 spiro atoms. The van der Waals surface area contributed by atoms with Crippen molar-refractivity contribution < 1.29 is 14.8 Å². The molecule has 0 saturated carbocycles. The maximum absolute atomic E-state index is 11.0. The third-order valence-electron chi connectivity index (χ3n) is 2.42. The highest BCUT2D eigenvalue weighted by atomic mass is 17.0. The minimum Gasteiger partial charge on any atom is -0.596 e. The Kier molecular flexibility index (Phi) is 7.90. The number of unbranched alkanes of at least 4 members (excludes halogenated alkanes) is 2. The molecular weight excluding hydrogens is 194 g/mol. The molecule has 0 aromatic rings. The molecule has 2 atom stereocenters. The molecule has 0 rings (SSSR count). The van der Waals surface area contributed by atoms with Crippen molar-refractivity contribution in [3.63, 3.8) is 0 Å². The van der Waals surface area contributed by atoms with Crippen LogP contribution in [-0.2, 0) is 4.94 Å². The molecule has 0 bridgehead atoms. The number of nitrogens with two attached hydrogens (primary N) is 1. The summed E-state index contributed by atoms with van der Waals surface area (Å²) in [6.07, 6.45) is 4.18. The van der Waals surface area contributed by atoms with Crippen LogP contribution >= 0.6 is 0 Å². The van der Waals surface area contributed by atoms with E-state index in [0.29, 0.717) is 11.2 Å². The lowest BCUT2D eigenvalue weighted by Crippen LogP contribution is -3.05. The van der Waals surface area contributed by atoms with E-state index in [1.807, 2.05) is 7.05 Å². The molecule has 0 radical (unpaired) electrons. The zero-order valence-corrected chi connectivity index (χ0v) is 10.3. The molecule has 0 aromatic heterocycles. The first-order valence-corrected chi connectivity index (χ1v) is 5.79. The van der Waals surface area contributed by atoms with Gasteiger partial charge in [-0.05, 0) is 24.3 Å². The Morgan fingerprint density at radius 3 is 2.33 bits per heavy atom. The molecule has 0 heterocycles. The van der Waals surface area contributed by atoms with E-state index < -0.39 is 0 Å². The maximum Gasteiger partial charge on any atom is 0.114 e. The molecule has 15 heavy (non-hydrogen) atoms. The van der Waals surface area contributed by atoms with Gasteiger partial charge in [-0.3, -0.25) is 0 Å². The van der Waals surface area contributed by atoms with Crippen LogP contribution in [0, 0.1) is 5.21 Å². The molecule has 2 unspecified atom stereocenters. The van der Waals surface area contributed by atoms with Crippen LogP contribution in [0.4, 0.5) is 0 Å². The first-order chi connectivity index (χ1) is 7.04. The second-order valence-corrected chi connectivity index (χ2v) is 4.18. The quantitative estimate of drug-likeness (QED) is 0.322. The lowest BCUT2D eigenvalue weighted by atomic mass is 10.2. The van der Waals surface area contributed by atoms with E-state index in [1.54, 1.807) is 0 Å². The highest BCUT2D eigenvalue weighted by Gasteiger charge is 2.25. The van der Waals surface area contributed by atoms with Gasteiger partial charge in [0.25, 0.3) is 0 Å². The zero-order valence-electron chi connectivity index (χ0n) is 10.3. The lowest BCUT2D eigenvalue weighted by molar-refractivity contribution is -1.32. The topological polar surface area (TPSA) is 62.8 Å². The maximum atomic E-state index is 11.0. The third-order valence-corrected chi connectivity index (χ3v) is 2.42. The summed E-state index contributed by atoms with van der Waals surface area (Å²) in [6, 6.07) is 0. The van der Waals surface area contributed by atoms with Crippen molar-refractivity contribution in [1.29, 1.82) is 0 Å². The summed E-state index contributed by atoms with van der Waals surface area (Å²) in [6.45, 7) is 4.59. The van der Waals surface area contributed by atoms with Gasteiger partial charge in [0.15, 0.2) is 0 Å². The van der Waals surface area contributed by atoms with E-state index in [1.165, 1.54) is 7.05 Å². The molecule has 0 fully saturated rings. The number of quaternary nitrogens is 2. The molecule has 0 aromatic carbocycles. The van der Waals surface area contributed by atoms with Crippen LogP contribution in [-0.4, -0.2) is 38.4 Å². The predicted octanol–water partition coefficient (Wildman–Crippen LogP) is -0.169. The van der Waals surface area contributed by atoms with Crippen molar-refractivity contribution in [3.8, 4) is 0 Å². The van der Waals surface area contributed by atoms with Crippen LogP contribution in [0.1, 0.15) is 32.6 Å². The standard InChI is InChI=1S/C10H26N3O2/c1-4-5-9-13(3,15-12(2)14)10-7-6-8-11/h12H,4-11H2,1-3H3/q+1. The molecule has 0 amide bonds. The zero-order chi connectivity index (χ0) is 11.7. The van der Waals surface area contributed by atoms with Gasteiger partial charge in [-0.25, -0.2) is 0 Å². The first-order valence-electron chi connectivity index (χ1n) is 5.79. The van der Waals surface area contributed by atoms with Crippen molar-refractivity contribution >= 4 is 0 Å². The first kappa shape index (κ1) is 14.8. The number of rotatable bonds is 9. The van der Waals surface area contributed by atoms with Crippen LogP contribution in [0.25, 0.3) is 0 Å². The van der Waals surface area contributed by atoms with Gasteiger partial charge in [0, 0.05) is 6.42 Å². The lowest BCUT2D eigenvalue weighted by Gasteiger charge is -2.31. The van der Waals surface area contributed by atoms with Gasteiger partial charge in [-0.1, -0.05) is 13.3 Å². The fourth-order valence-corrected chi connectivity index (χ4v) is 1.60. The second kappa shape index (κ2) is 8.01. The highest BCUT2D eigenvalue weighted by molar-refractivity contribution is 4.40. The van der Waals surface area contributed by atoms with E-state index >= 15 is 0 Å². The van der Waals surface area contributed by atoms with Crippen LogP contribution in [0.5, 0.6) is 0 Å². The SMILES string of the molecule is CCCC[N+](C)(CCCCN)O[NH+](C)[O-]. The number of nitrogens with one attached hydrogen (secondary N) is 1. The Labute approximate surface area is 92.9 Å². The Balaban J connectivity index is 4.01. The number of hydroxylamine groups is 5. The molecule has 0 aliphatic heterocycles. The van der Waals surface area contributed by atoms with E-state index in [4.69, 9.17) is 10.7 Å². The van der Waals surface area contributed by atoms with Crippen molar-refractivity contribution in [2.24, 2.45) is 5.73 Å². The van der Waals surface area contributed by atoms with Crippen molar-refractivity contribution in [1.82, 2.24) is 0 Å². The van der Waals surface area contributed by atoms with Crippen LogP contribution < -0.4 is 11.0 Å². The van der Waals surface area contributed by atoms with Crippen LogP contribution in [0.15, 0.2) is 0 Å². The summed E-state index contributed by atoms with van der Waals surface area (Å²) < 4.78 is 0.392. The molecule has 0 saturated heterocycles. The summed E-state index contributed by atoms with van der Waals surface area (Å²) in [5, 5.41) is 10.8. The fraction of sp³-hybridized carbons (Fsp3) is 1.00. The molecule has 92 valence electrons. The smallest absolute Gasteiger partial charge is 0.114 e. The molecule has 5 nitrogen and oxygen atoms in total. The Morgan fingerprint density at radius 2 is 1.87 bits per heavy atom. The highest BCUT2D eigenvalue weighted by Crippen LogP contribution is 2.07. The van der Waals surface area contributed by atoms with E-state index in [0.717, 1.165) is 38.8 Å². The van der Waals surface area contributed by atoms with Crippen LogP contribution in [0.3, 0.4) is 0 Å². The van der Waals surface area contributed by atoms with Gasteiger partial charge in [0.05, 0.1) is 0 Å². The van der Waals surface area contributed by atoms with Crippen LogP contribution in [0.2, 0.25) is 0 Å². The van der Waals surface area contributed by atoms with Crippen molar-refractivity contribution in [2.75, 3.05) is 33.7 Å². The summed E-state index contributed by atoms with van der Waals surface area (Å²) in [4.78, 5) is 5.34. The average molecular weight is 220 g/mol.